The van der Waals surface area contributed by atoms with Gasteiger partial charge in [0.05, 0.1) is 11.5 Å². The maximum atomic E-state index is 5.94. The van der Waals surface area contributed by atoms with Gasteiger partial charge in [-0.1, -0.05) is 0 Å². The van der Waals surface area contributed by atoms with Crippen LogP contribution in [0.4, 0.5) is 0 Å². The van der Waals surface area contributed by atoms with E-state index < -0.39 is 0 Å². The van der Waals surface area contributed by atoms with Gasteiger partial charge in [0.15, 0.2) is 0 Å². The fourth-order valence-electron chi connectivity index (χ4n) is 2.87. The summed E-state index contributed by atoms with van der Waals surface area (Å²) in [5.41, 5.74) is 0.279. The second-order valence-corrected chi connectivity index (χ2v) is 5.16. The van der Waals surface area contributed by atoms with E-state index in [-0.39, 0.29) is 5.60 Å². The van der Waals surface area contributed by atoms with E-state index in [0.717, 1.165) is 11.9 Å². The molecule has 1 unspecified atom stereocenters. The van der Waals surface area contributed by atoms with Crippen LogP contribution in [-0.4, -0.2) is 41.8 Å². The highest BCUT2D eigenvalue weighted by Crippen LogP contribution is 2.43. The number of rotatable bonds is 0. The normalized spacial score (nSPS) is 52.0. The number of hydrogen-bond acceptors (Lipinski definition) is 3. The van der Waals surface area contributed by atoms with E-state index >= 15 is 0 Å². The van der Waals surface area contributed by atoms with Crippen LogP contribution in [0.1, 0.15) is 12.8 Å². The third-order valence-electron chi connectivity index (χ3n) is 3.60. The second kappa shape index (κ2) is 2.63. The monoisotopic (exact) mass is 185 g/mol. The first-order valence-electron chi connectivity index (χ1n) is 4.83. The molecule has 4 rings (SSSR count). The van der Waals surface area contributed by atoms with Crippen molar-refractivity contribution in [3.63, 3.8) is 0 Å². The first-order valence-corrected chi connectivity index (χ1v) is 5.99. The molecule has 4 fully saturated rings. The van der Waals surface area contributed by atoms with Crippen LogP contribution in [0.25, 0.3) is 0 Å². The third kappa shape index (κ3) is 0.963. The van der Waals surface area contributed by atoms with Gasteiger partial charge < -0.3 is 9.64 Å². The zero-order valence-electron chi connectivity index (χ0n) is 7.29. The molecule has 0 radical (unpaired) electrons. The van der Waals surface area contributed by atoms with Gasteiger partial charge in [0.1, 0.15) is 0 Å². The van der Waals surface area contributed by atoms with E-state index in [9.17, 15) is 0 Å². The summed E-state index contributed by atoms with van der Waals surface area (Å²) in [4.78, 5) is 2.58. The molecule has 2 bridgehead atoms. The quantitative estimate of drug-likeness (QED) is 0.562. The molecule has 4 aliphatic heterocycles. The van der Waals surface area contributed by atoms with Gasteiger partial charge in [-0.3, -0.25) is 0 Å². The van der Waals surface area contributed by atoms with Gasteiger partial charge in [0.2, 0.25) is 0 Å². The molecule has 12 heavy (non-hydrogen) atoms. The number of piperidine rings is 3. The minimum absolute atomic E-state index is 0.279. The van der Waals surface area contributed by atoms with Crippen LogP contribution in [0.2, 0.25) is 0 Å². The van der Waals surface area contributed by atoms with Crippen LogP contribution in [-0.2, 0) is 4.74 Å². The lowest BCUT2D eigenvalue weighted by molar-refractivity contribution is -0.115. The Morgan fingerprint density at radius 3 is 2.67 bits per heavy atom. The summed E-state index contributed by atoms with van der Waals surface area (Å²) in [6.07, 6.45) is 2.75. The predicted octanol–water partition coefficient (Wildman–Crippen LogP) is 1.17. The van der Waals surface area contributed by atoms with Crippen molar-refractivity contribution < 1.29 is 4.74 Å². The zero-order valence-corrected chi connectivity index (χ0v) is 8.11. The molecule has 2 nitrogen and oxygen atoms in total. The van der Waals surface area contributed by atoms with E-state index in [1.165, 1.54) is 38.2 Å². The number of thioether (sulfide) groups is 1. The van der Waals surface area contributed by atoms with Crippen molar-refractivity contribution in [2.45, 2.75) is 18.4 Å². The summed E-state index contributed by atoms with van der Waals surface area (Å²) in [5.74, 6) is 3.05. The van der Waals surface area contributed by atoms with Crippen LogP contribution in [0, 0.1) is 5.92 Å². The Labute approximate surface area is 77.6 Å². The molecule has 4 heterocycles. The minimum Gasteiger partial charge on any atom is -0.362 e. The molecule has 4 aliphatic rings. The highest BCUT2D eigenvalue weighted by Gasteiger charge is 2.49. The molecule has 0 aromatic heterocycles. The minimum atomic E-state index is 0.279. The molecule has 0 aromatic rings. The van der Waals surface area contributed by atoms with E-state index in [1.54, 1.807) is 0 Å². The highest BCUT2D eigenvalue weighted by molar-refractivity contribution is 7.99. The fourth-order valence-corrected chi connectivity index (χ4v) is 4.02. The van der Waals surface area contributed by atoms with Crippen molar-refractivity contribution in [2.75, 3.05) is 31.3 Å². The summed E-state index contributed by atoms with van der Waals surface area (Å²) in [7, 11) is 0. The Kier molecular flexibility index (Phi) is 1.68. The van der Waals surface area contributed by atoms with Gasteiger partial charge in [-0.2, -0.15) is 0 Å². The average Bonchev–Trinajstić information content (AvgIpc) is 2.55. The Bertz CT molecular complexity index is 183. The van der Waals surface area contributed by atoms with Crippen molar-refractivity contribution >= 4 is 11.8 Å². The van der Waals surface area contributed by atoms with Crippen molar-refractivity contribution in [3.8, 4) is 0 Å². The van der Waals surface area contributed by atoms with Crippen molar-refractivity contribution in [1.82, 2.24) is 4.90 Å². The maximum Gasteiger partial charge on any atom is 0.0939 e. The molecule has 0 amide bonds. The SMILES string of the molecule is C1OC2(CS1)CN1CCC2CC1. The van der Waals surface area contributed by atoms with Crippen LogP contribution in [0.5, 0.6) is 0 Å². The standard InChI is InChI=1S/C9H15NOS/c1-3-10-4-2-8(1)9(5-10)6-12-7-11-9/h8H,1-7H2. The largest absolute Gasteiger partial charge is 0.362 e. The summed E-state index contributed by atoms with van der Waals surface area (Å²) >= 11 is 1.97. The van der Waals surface area contributed by atoms with Crippen molar-refractivity contribution in [3.05, 3.63) is 0 Å². The predicted molar refractivity (Wildman–Crippen MR) is 50.3 cm³/mol. The Balaban J connectivity index is 1.86. The summed E-state index contributed by atoms with van der Waals surface area (Å²) < 4.78 is 5.94. The van der Waals surface area contributed by atoms with Crippen LogP contribution >= 0.6 is 11.8 Å². The van der Waals surface area contributed by atoms with Crippen LogP contribution < -0.4 is 0 Å². The Hall–Kier alpha value is 0.270. The molecular weight excluding hydrogens is 170 g/mol. The first kappa shape index (κ1) is 7.65. The lowest BCUT2D eigenvalue weighted by atomic mass is 9.76. The number of fused-ring (bicyclic) bond motifs is 2. The summed E-state index contributed by atoms with van der Waals surface area (Å²) in [6.45, 7) is 3.85. The lowest BCUT2D eigenvalue weighted by Gasteiger charge is -2.50. The molecule has 3 heteroatoms. The molecule has 0 aliphatic carbocycles. The van der Waals surface area contributed by atoms with Gasteiger partial charge in [0.25, 0.3) is 0 Å². The van der Waals surface area contributed by atoms with Gasteiger partial charge in [-0.05, 0) is 31.8 Å². The van der Waals surface area contributed by atoms with E-state index in [1.807, 2.05) is 11.8 Å². The Morgan fingerprint density at radius 1 is 1.33 bits per heavy atom. The lowest BCUT2D eigenvalue weighted by Crippen LogP contribution is -2.60. The van der Waals surface area contributed by atoms with Crippen LogP contribution in [0.3, 0.4) is 0 Å². The van der Waals surface area contributed by atoms with Gasteiger partial charge >= 0.3 is 0 Å². The third-order valence-corrected chi connectivity index (χ3v) is 4.58. The van der Waals surface area contributed by atoms with Gasteiger partial charge in [-0.25, -0.2) is 0 Å². The molecule has 0 saturated carbocycles. The number of ether oxygens (including phenoxy) is 1. The second-order valence-electron chi connectivity index (χ2n) is 4.23. The van der Waals surface area contributed by atoms with Gasteiger partial charge in [-0.15, -0.1) is 11.8 Å². The molecule has 0 N–H and O–H groups in total. The zero-order chi connectivity index (χ0) is 8.02. The van der Waals surface area contributed by atoms with E-state index in [0.29, 0.717) is 0 Å². The molecule has 1 spiro atoms. The van der Waals surface area contributed by atoms with Crippen LogP contribution in [0.15, 0.2) is 0 Å². The van der Waals surface area contributed by atoms with Gasteiger partial charge in [0, 0.05) is 12.3 Å². The molecule has 4 saturated heterocycles. The number of nitrogens with zero attached hydrogens (tertiary/aromatic N) is 1. The molecule has 1 atom stereocenters. The Morgan fingerprint density at radius 2 is 2.17 bits per heavy atom. The van der Waals surface area contributed by atoms with E-state index in [2.05, 4.69) is 4.90 Å². The topological polar surface area (TPSA) is 12.5 Å². The molecule has 68 valence electrons. The molecular formula is C9H15NOS. The van der Waals surface area contributed by atoms with Crippen molar-refractivity contribution in [1.29, 1.82) is 0 Å². The molecule has 0 aromatic carbocycles. The highest BCUT2D eigenvalue weighted by atomic mass is 32.2. The smallest absolute Gasteiger partial charge is 0.0939 e. The van der Waals surface area contributed by atoms with E-state index in [4.69, 9.17) is 4.74 Å². The van der Waals surface area contributed by atoms with Crippen molar-refractivity contribution in [2.24, 2.45) is 5.92 Å². The fraction of sp³-hybridized carbons (Fsp3) is 1.00. The summed E-state index contributed by atoms with van der Waals surface area (Å²) in [6, 6.07) is 0. The first-order chi connectivity index (χ1) is 5.89. The average molecular weight is 185 g/mol. The summed E-state index contributed by atoms with van der Waals surface area (Å²) in [5, 5.41) is 0. The maximum absolute atomic E-state index is 5.94. The number of hydrogen-bond donors (Lipinski definition) is 0.